The first-order valence-corrected chi connectivity index (χ1v) is 17.6. The van der Waals surface area contributed by atoms with Gasteiger partial charge in [-0.05, 0) is 37.1 Å². The van der Waals surface area contributed by atoms with E-state index in [1.807, 2.05) is 0 Å². The van der Waals surface area contributed by atoms with Gasteiger partial charge >= 0.3 is 11.9 Å². The van der Waals surface area contributed by atoms with Crippen molar-refractivity contribution in [1.82, 2.24) is 0 Å². The number of rotatable bonds is 15. The number of benzene rings is 1. The molecule has 45 heavy (non-hydrogen) atoms. The fraction of sp³-hybridized carbons (Fsp3) is 0.618. The lowest BCUT2D eigenvalue weighted by Crippen LogP contribution is -2.48. The Balaban J connectivity index is 1.42. The number of hydrogen-bond donors (Lipinski definition) is 1. The number of halogens is 4. The minimum atomic E-state index is -1.49. The number of carboxylic acid groups (broad SMARTS) is 1. The van der Waals surface area contributed by atoms with E-state index in [1.54, 1.807) is 12.2 Å². The van der Waals surface area contributed by atoms with Crippen molar-refractivity contribution < 1.29 is 33.7 Å². The summed E-state index contributed by atoms with van der Waals surface area (Å²) in [6.45, 7) is 2.23. The molecule has 3 atom stereocenters. The molecule has 2 aliphatic heterocycles. The second-order valence-electron chi connectivity index (χ2n) is 12.4. The van der Waals surface area contributed by atoms with Crippen LogP contribution in [0.1, 0.15) is 130 Å². The summed E-state index contributed by atoms with van der Waals surface area (Å²) < 4.78 is 19.1. The average Bonchev–Trinajstić information content (AvgIpc) is 3.33. The Morgan fingerprint density at radius 1 is 0.844 bits per heavy atom. The van der Waals surface area contributed by atoms with Crippen LogP contribution in [0.3, 0.4) is 0 Å². The van der Waals surface area contributed by atoms with Crippen molar-refractivity contribution in [2.75, 3.05) is 0 Å². The molecule has 1 aromatic rings. The summed E-state index contributed by atoms with van der Waals surface area (Å²) in [5, 5.41) is 8.59. The Bertz CT molecular complexity index is 1290. The Hall–Kier alpha value is -1.61. The van der Waals surface area contributed by atoms with Gasteiger partial charge in [0.2, 0.25) is 0 Å². The van der Waals surface area contributed by atoms with Gasteiger partial charge in [0.25, 0.3) is 0 Å². The van der Waals surface area contributed by atoms with Crippen LogP contribution in [-0.4, -0.2) is 46.4 Å². The van der Waals surface area contributed by atoms with Gasteiger partial charge < -0.3 is 19.3 Å². The monoisotopic (exact) mass is 702 g/mol. The molecule has 2 saturated heterocycles. The SMILES string of the molecule is CCCCCCCCCCCCC[C@@H]1C[C@@H](OC(=O)c2c(Cl)c(Cl)c(Cl)c(Cl)c2C(=O)O)C[C@]2(CCC3(C=CC(=O)C=C3)O2)O1. The molecule has 2 heterocycles. The van der Waals surface area contributed by atoms with Crippen LogP contribution >= 0.6 is 46.4 Å². The summed E-state index contributed by atoms with van der Waals surface area (Å²) >= 11 is 24.7. The Morgan fingerprint density at radius 2 is 1.40 bits per heavy atom. The standard InChI is InChI=1S/C34H42Cl4O7/c1-2-3-4-5-6-7-8-9-10-11-12-13-23-20-24(21-34(44-23)19-18-33(45-34)16-14-22(39)15-17-33)43-32(42)26-25(31(40)41)27(35)29(37)30(38)28(26)36/h14-17,23-24H,2-13,18-21H2,1H3,(H,40,41)/t23-,24-,34-/m1/s1. The molecule has 2 fully saturated rings. The summed E-state index contributed by atoms with van der Waals surface area (Å²) in [7, 11) is 0. The summed E-state index contributed by atoms with van der Waals surface area (Å²) in [6.07, 6.45) is 21.6. The van der Waals surface area contributed by atoms with Crippen molar-refractivity contribution in [3.63, 3.8) is 0 Å². The Morgan fingerprint density at radius 3 is 1.98 bits per heavy atom. The minimum absolute atomic E-state index is 0.109. The van der Waals surface area contributed by atoms with Crippen molar-refractivity contribution in [2.45, 2.75) is 133 Å². The zero-order valence-electron chi connectivity index (χ0n) is 25.7. The first kappa shape index (κ1) is 36.2. The predicted molar refractivity (Wildman–Crippen MR) is 177 cm³/mol. The van der Waals surface area contributed by atoms with Gasteiger partial charge in [-0.15, -0.1) is 0 Å². The van der Waals surface area contributed by atoms with E-state index in [1.165, 1.54) is 63.5 Å². The van der Waals surface area contributed by atoms with E-state index >= 15 is 0 Å². The van der Waals surface area contributed by atoms with Crippen molar-refractivity contribution in [3.05, 3.63) is 55.5 Å². The lowest BCUT2D eigenvalue weighted by Gasteiger charge is -2.43. The summed E-state index contributed by atoms with van der Waals surface area (Å²) in [4.78, 5) is 37.4. The van der Waals surface area contributed by atoms with Gasteiger partial charge in [0.15, 0.2) is 11.6 Å². The maximum absolute atomic E-state index is 13.5. The highest BCUT2D eigenvalue weighted by molar-refractivity contribution is 6.54. The number of hydrogen-bond acceptors (Lipinski definition) is 6. The number of allylic oxidation sites excluding steroid dienone is 2. The molecule has 0 radical (unpaired) electrons. The fourth-order valence-electron chi connectivity index (χ4n) is 6.51. The number of carbonyl (C=O) groups is 3. The van der Waals surface area contributed by atoms with Crippen LogP contribution in [0.5, 0.6) is 0 Å². The van der Waals surface area contributed by atoms with E-state index in [2.05, 4.69) is 6.92 Å². The third-order valence-corrected chi connectivity index (χ3v) is 10.7. The molecule has 1 N–H and O–H groups in total. The highest BCUT2D eigenvalue weighted by atomic mass is 35.5. The molecule has 7 nitrogen and oxygen atoms in total. The largest absolute Gasteiger partial charge is 0.478 e. The number of ketones is 1. The number of carboxylic acids is 1. The third-order valence-electron chi connectivity index (χ3n) is 8.87. The van der Waals surface area contributed by atoms with Crippen molar-refractivity contribution >= 4 is 64.1 Å². The Labute approximate surface area is 285 Å². The number of aromatic carboxylic acids is 1. The summed E-state index contributed by atoms with van der Waals surface area (Å²) in [5.74, 6) is -3.61. The van der Waals surface area contributed by atoms with E-state index in [9.17, 15) is 19.5 Å². The second kappa shape index (κ2) is 16.5. The van der Waals surface area contributed by atoms with Gasteiger partial charge in [0.1, 0.15) is 11.7 Å². The topological polar surface area (TPSA) is 99.1 Å². The van der Waals surface area contributed by atoms with Crippen LogP contribution in [0.25, 0.3) is 0 Å². The second-order valence-corrected chi connectivity index (χ2v) is 13.9. The van der Waals surface area contributed by atoms with Crippen molar-refractivity contribution in [1.29, 1.82) is 0 Å². The molecule has 248 valence electrons. The van der Waals surface area contributed by atoms with Gasteiger partial charge in [0.05, 0.1) is 37.3 Å². The van der Waals surface area contributed by atoms with Crippen molar-refractivity contribution in [2.24, 2.45) is 0 Å². The molecule has 0 amide bonds. The van der Waals surface area contributed by atoms with Crippen LogP contribution in [0.4, 0.5) is 0 Å². The molecule has 11 heteroatoms. The first-order chi connectivity index (χ1) is 21.5. The van der Waals surface area contributed by atoms with Gasteiger partial charge in [-0.25, -0.2) is 9.59 Å². The molecule has 1 aliphatic carbocycles. The van der Waals surface area contributed by atoms with Crippen LogP contribution in [0, 0.1) is 0 Å². The average molecular weight is 705 g/mol. The molecule has 3 aliphatic rings. The molecule has 0 aromatic heterocycles. The highest BCUT2D eigenvalue weighted by Gasteiger charge is 2.53. The fourth-order valence-corrected chi connectivity index (χ4v) is 7.52. The molecule has 4 rings (SSSR count). The first-order valence-electron chi connectivity index (χ1n) is 16.1. The van der Waals surface area contributed by atoms with Crippen molar-refractivity contribution in [3.8, 4) is 0 Å². The number of ether oxygens (including phenoxy) is 3. The molecule has 0 bridgehead atoms. The zero-order chi connectivity index (χ0) is 32.6. The molecule has 2 spiro atoms. The predicted octanol–water partition coefficient (Wildman–Crippen LogP) is 10.3. The molecular weight excluding hydrogens is 662 g/mol. The van der Waals surface area contributed by atoms with E-state index in [-0.39, 0.29) is 33.4 Å². The van der Waals surface area contributed by atoms with E-state index in [0.29, 0.717) is 19.3 Å². The van der Waals surface area contributed by atoms with Crippen LogP contribution in [0.2, 0.25) is 20.1 Å². The number of carbonyl (C=O) groups excluding carboxylic acids is 2. The van der Waals surface area contributed by atoms with Crippen LogP contribution < -0.4 is 0 Å². The smallest absolute Gasteiger partial charge is 0.340 e. The molecular formula is C34H42Cl4O7. The zero-order valence-corrected chi connectivity index (χ0v) is 28.7. The molecule has 1 aromatic carbocycles. The van der Waals surface area contributed by atoms with Gasteiger partial charge in [-0.2, -0.15) is 0 Å². The Kier molecular flexibility index (Phi) is 13.3. The maximum Gasteiger partial charge on any atom is 0.340 e. The van der Waals surface area contributed by atoms with E-state index < -0.39 is 45.6 Å². The van der Waals surface area contributed by atoms with Crippen LogP contribution in [0.15, 0.2) is 24.3 Å². The van der Waals surface area contributed by atoms with Crippen LogP contribution in [-0.2, 0) is 19.0 Å². The lowest BCUT2D eigenvalue weighted by molar-refractivity contribution is -0.291. The third kappa shape index (κ3) is 9.27. The molecule has 0 saturated carbocycles. The highest BCUT2D eigenvalue weighted by Crippen LogP contribution is 2.49. The minimum Gasteiger partial charge on any atom is -0.478 e. The van der Waals surface area contributed by atoms with Gasteiger partial charge in [-0.3, -0.25) is 4.79 Å². The van der Waals surface area contributed by atoms with E-state index in [0.717, 1.165) is 25.7 Å². The lowest BCUT2D eigenvalue weighted by atomic mass is 9.91. The number of esters is 1. The number of unbranched alkanes of at least 4 members (excludes halogenated alkanes) is 10. The maximum atomic E-state index is 13.5. The van der Waals surface area contributed by atoms with E-state index in [4.69, 9.17) is 60.6 Å². The normalized spacial score (nSPS) is 23.7. The van der Waals surface area contributed by atoms with Gasteiger partial charge in [0, 0.05) is 19.3 Å². The molecule has 0 unspecified atom stereocenters. The van der Waals surface area contributed by atoms with Gasteiger partial charge in [-0.1, -0.05) is 124 Å². The summed E-state index contributed by atoms with van der Waals surface area (Å²) in [6, 6.07) is 0. The quantitative estimate of drug-likeness (QED) is 0.0840. The summed E-state index contributed by atoms with van der Waals surface area (Å²) in [5.41, 5.74) is -1.80.